The van der Waals surface area contributed by atoms with Gasteiger partial charge >= 0.3 is 5.97 Å². The number of hydrogen-bond donors (Lipinski definition) is 1. The molecule has 1 N–H and O–H groups in total. The van der Waals surface area contributed by atoms with Crippen LogP contribution in [0.15, 0.2) is 29.5 Å². The summed E-state index contributed by atoms with van der Waals surface area (Å²) in [5, 5.41) is 9.46. The predicted octanol–water partition coefficient (Wildman–Crippen LogP) is 3.11. The molecule has 150 valence electrons. The van der Waals surface area contributed by atoms with Crippen LogP contribution in [-0.2, 0) is 27.2 Å². The van der Waals surface area contributed by atoms with E-state index in [1.165, 1.54) is 22.7 Å². The molecule has 7 nitrogen and oxygen atoms in total. The fourth-order valence-corrected chi connectivity index (χ4v) is 4.20. The minimum atomic E-state index is -0.731. The van der Waals surface area contributed by atoms with Gasteiger partial charge in [0.25, 0.3) is 0 Å². The molecule has 0 saturated carbocycles. The lowest BCUT2D eigenvalue weighted by molar-refractivity contribution is -0.137. The van der Waals surface area contributed by atoms with E-state index in [4.69, 9.17) is 4.74 Å². The Balaban J connectivity index is 2.08. The van der Waals surface area contributed by atoms with Gasteiger partial charge in [0.1, 0.15) is 23.5 Å². The SMILES string of the molecule is C=CCOC(=O)/C(C#N)=C1\SC(CCc2cnc(CCCC)[nH]2)C(=O)N1CC. The van der Waals surface area contributed by atoms with Crippen molar-refractivity contribution in [2.24, 2.45) is 0 Å². The Morgan fingerprint density at radius 2 is 2.29 bits per heavy atom. The summed E-state index contributed by atoms with van der Waals surface area (Å²) in [6, 6.07) is 1.89. The summed E-state index contributed by atoms with van der Waals surface area (Å²) in [7, 11) is 0. The number of carbonyl (C=O) groups excluding carboxylic acids is 2. The van der Waals surface area contributed by atoms with Crippen molar-refractivity contribution < 1.29 is 14.3 Å². The minimum Gasteiger partial charge on any atom is -0.457 e. The van der Waals surface area contributed by atoms with Crippen LogP contribution in [0.2, 0.25) is 0 Å². The van der Waals surface area contributed by atoms with E-state index in [9.17, 15) is 14.9 Å². The van der Waals surface area contributed by atoms with Crippen LogP contribution >= 0.6 is 11.8 Å². The van der Waals surface area contributed by atoms with E-state index in [0.29, 0.717) is 24.4 Å². The van der Waals surface area contributed by atoms with Crippen LogP contribution in [-0.4, -0.2) is 45.1 Å². The van der Waals surface area contributed by atoms with Gasteiger partial charge in [-0.2, -0.15) is 5.26 Å². The van der Waals surface area contributed by atoms with Crippen LogP contribution in [0.4, 0.5) is 0 Å². The summed E-state index contributed by atoms with van der Waals surface area (Å²) in [6.45, 7) is 7.86. The molecule has 1 atom stereocenters. The van der Waals surface area contributed by atoms with Gasteiger partial charge in [-0.25, -0.2) is 9.78 Å². The number of nitriles is 1. The van der Waals surface area contributed by atoms with Gasteiger partial charge in [-0.3, -0.25) is 4.79 Å². The lowest BCUT2D eigenvalue weighted by Gasteiger charge is -2.15. The molecule has 2 rings (SSSR count). The highest BCUT2D eigenvalue weighted by Crippen LogP contribution is 2.39. The van der Waals surface area contributed by atoms with Gasteiger partial charge in [0.2, 0.25) is 5.91 Å². The summed E-state index contributed by atoms with van der Waals surface area (Å²) in [4.78, 5) is 34.1. The molecule has 1 aliphatic heterocycles. The van der Waals surface area contributed by atoms with Gasteiger partial charge in [0.15, 0.2) is 5.57 Å². The maximum atomic E-state index is 12.7. The zero-order valence-corrected chi connectivity index (χ0v) is 17.2. The molecule has 0 aliphatic carbocycles. The first kappa shape index (κ1) is 21.8. The number of aromatic amines is 1. The molecule has 2 heterocycles. The molecule has 8 heteroatoms. The average molecular weight is 403 g/mol. The third kappa shape index (κ3) is 5.26. The number of imidazole rings is 1. The number of aryl methyl sites for hydroxylation is 2. The Kier molecular flexibility index (Phi) is 8.33. The van der Waals surface area contributed by atoms with E-state index >= 15 is 0 Å². The number of aromatic nitrogens is 2. The van der Waals surface area contributed by atoms with Crippen LogP contribution in [0.3, 0.4) is 0 Å². The van der Waals surface area contributed by atoms with Crippen molar-refractivity contribution in [1.29, 1.82) is 5.26 Å². The molecule has 0 spiro atoms. The van der Waals surface area contributed by atoms with E-state index in [1.54, 1.807) is 0 Å². The smallest absolute Gasteiger partial charge is 0.351 e. The molecule has 1 aromatic rings. The molecular weight excluding hydrogens is 376 g/mol. The number of rotatable bonds is 10. The summed E-state index contributed by atoms with van der Waals surface area (Å²) in [6.07, 6.45) is 7.64. The van der Waals surface area contributed by atoms with Gasteiger partial charge in [-0.1, -0.05) is 37.8 Å². The number of nitrogens with zero attached hydrogens (tertiary/aromatic N) is 3. The molecule has 1 amide bonds. The van der Waals surface area contributed by atoms with E-state index in [1.807, 2.05) is 19.2 Å². The standard InChI is InChI=1S/C20H26N4O3S/c1-4-7-8-17-22-13-14(23-17)9-10-16-18(25)24(6-3)19(28-16)15(12-21)20(26)27-11-5-2/h5,13,16H,2,4,6-11H2,1,3H3,(H,22,23)/b19-15-. The predicted molar refractivity (Wildman–Crippen MR) is 108 cm³/mol. The average Bonchev–Trinajstić information content (AvgIpc) is 3.27. The summed E-state index contributed by atoms with van der Waals surface area (Å²) in [5.74, 6) is 0.151. The zero-order valence-electron chi connectivity index (χ0n) is 16.4. The van der Waals surface area contributed by atoms with Gasteiger partial charge < -0.3 is 14.6 Å². The molecule has 1 saturated heterocycles. The lowest BCUT2D eigenvalue weighted by Crippen LogP contribution is -2.29. The van der Waals surface area contributed by atoms with Crippen LogP contribution in [0.25, 0.3) is 0 Å². The van der Waals surface area contributed by atoms with Crippen LogP contribution in [0, 0.1) is 11.3 Å². The third-order valence-corrected chi connectivity index (χ3v) is 5.71. The Bertz CT molecular complexity index is 794. The van der Waals surface area contributed by atoms with Crippen molar-refractivity contribution in [3.8, 4) is 6.07 Å². The first-order chi connectivity index (χ1) is 13.5. The van der Waals surface area contributed by atoms with Gasteiger partial charge in [-0.05, 0) is 26.2 Å². The number of hydrogen-bond acceptors (Lipinski definition) is 6. The van der Waals surface area contributed by atoms with Gasteiger partial charge in [0, 0.05) is 24.9 Å². The maximum Gasteiger partial charge on any atom is 0.351 e. The van der Waals surface area contributed by atoms with Crippen LogP contribution < -0.4 is 0 Å². The van der Waals surface area contributed by atoms with Gasteiger partial charge in [0.05, 0.1) is 5.25 Å². The lowest BCUT2D eigenvalue weighted by atomic mass is 10.2. The van der Waals surface area contributed by atoms with Crippen molar-refractivity contribution in [3.05, 3.63) is 41.0 Å². The summed E-state index contributed by atoms with van der Waals surface area (Å²) in [5.41, 5.74) is 0.860. The van der Waals surface area contributed by atoms with E-state index < -0.39 is 5.97 Å². The second-order valence-electron chi connectivity index (χ2n) is 6.37. The molecular formula is C20H26N4O3S. The number of amides is 1. The second kappa shape index (κ2) is 10.7. The highest BCUT2D eigenvalue weighted by Gasteiger charge is 2.39. The second-order valence-corrected chi connectivity index (χ2v) is 7.56. The highest BCUT2D eigenvalue weighted by molar-refractivity contribution is 8.04. The van der Waals surface area contributed by atoms with Gasteiger partial charge in [-0.15, -0.1) is 0 Å². The van der Waals surface area contributed by atoms with Crippen molar-refractivity contribution in [1.82, 2.24) is 14.9 Å². The maximum absolute atomic E-state index is 12.7. The Morgan fingerprint density at radius 3 is 2.93 bits per heavy atom. The first-order valence-electron chi connectivity index (χ1n) is 9.48. The number of unbranched alkanes of at least 4 members (excludes halogenated alkanes) is 1. The molecule has 0 radical (unpaired) electrons. The Labute approximate surface area is 169 Å². The van der Waals surface area contributed by atoms with Crippen molar-refractivity contribution in [2.75, 3.05) is 13.2 Å². The van der Waals surface area contributed by atoms with Crippen LogP contribution in [0.1, 0.15) is 44.6 Å². The Morgan fingerprint density at radius 1 is 1.50 bits per heavy atom. The Hall–Kier alpha value is -2.53. The molecule has 1 unspecified atom stereocenters. The normalized spacial score (nSPS) is 18.1. The molecule has 1 aromatic heterocycles. The summed E-state index contributed by atoms with van der Waals surface area (Å²) < 4.78 is 4.98. The monoisotopic (exact) mass is 402 g/mol. The van der Waals surface area contributed by atoms with E-state index in [-0.39, 0.29) is 23.3 Å². The number of H-pyrrole nitrogens is 1. The number of ether oxygens (including phenoxy) is 1. The molecule has 0 bridgehead atoms. The number of nitrogens with one attached hydrogen (secondary N) is 1. The fourth-order valence-electron chi connectivity index (χ4n) is 2.88. The largest absolute Gasteiger partial charge is 0.457 e. The first-order valence-corrected chi connectivity index (χ1v) is 10.4. The fraction of sp³-hybridized carbons (Fsp3) is 0.500. The molecule has 0 aromatic carbocycles. The van der Waals surface area contributed by atoms with Crippen LogP contribution in [0.5, 0.6) is 0 Å². The summed E-state index contributed by atoms with van der Waals surface area (Å²) >= 11 is 1.26. The molecule has 1 fully saturated rings. The quantitative estimate of drug-likeness (QED) is 0.279. The molecule has 1 aliphatic rings. The minimum absolute atomic E-state index is 0.0195. The van der Waals surface area contributed by atoms with Crippen molar-refractivity contribution in [3.63, 3.8) is 0 Å². The molecule has 28 heavy (non-hydrogen) atoms. The van der Waals surface area contributed by atoms with Crippen molar-refractivity contribution >= 4 is 23.6 Å². The number of esters is 1. The zero-order chi connectivity index (χ0) is 20.5. The van der Waals surface area contributed by atoms with E-state index in [2.05, 4.69) is 23.5 Å². The number of carbonyl (C=O) groups is 2. The van der Waals surface area contributed by atoms with E-state index in [0.717, 1.165) is 30.8 Å². The third-order valence-electron chi connectivity index (χ3n) is 4.34. The topological polar surface area (TPSA) is 99.1 Å². The van der Waals surface area contributed by atoms with Crippen molar-refractivity contribution in [2.45, 2.75) is 51.2 Å². The number of thioether (sulfide) groups is 1. The highest BCUT2D eigenvalue weighted by atomic mass is 32.2.